The van der Waals surface area contributed by atoms with Crippen LogP contribution in [0, 0.1) is 7.43 Å². The van der Waals surface area contributed by atoms with E-state index in [1.807, 2.05) is 19.1 Å². The Morgan fingerprint density at radius 2 is 1.90 bits per heavy atom. The van der Waals surface area contributed by atoms with Crippen LogP contribution in [0.1, 0.15) is 31.9 Å². The van der Waals surface area contributed by atoms with E-state index < -0.39 is 11.7 Å². The number of halogens is 3. The maximum atomic E-state index is 13.4. The first-order valence-corrected chi connectivity index (χ1v) is 9.68. The number of allylic oxidation sites excluding steroid dienone is 1. The molecule has 1 fully saturated rings. The molecule has 0 amide bonds. The van der Waals surface area contributed by atoms with E-state index in [4.69, 9.17) is 0 Å². The third-order valence-corrected chi connectivity index (χ3v) is 5.14. The van der Waals surface area contributed by atoms with Crippen molar-refractivity contribution in [3.05, 3.63) is 44.0 Å². The quantitative estimate of drug-likeness (QED) is 0.553. The number of hydrogen-bond acceptors (Lipinski definition) is 4. The Bertz CT molecular complexity index is 846. The molecule has 0 aliphatic carbocycles. The average molecular weight is 540 g/mol. The Labute approximate surface area is 236 Å². The Kier molecular flexibility index (Phi) is 11.2. The van der Waals surface area contributed by atoms with Crippen molar-refractivity contribution in [2.24, 2.45) is 0 Å². The van der Waals surface area contributed by atoms with Crippen molar-refractivity contribution in [2.45, 2.75) is 38.4 Å². The maximum Gasteiger partial charge on any atom is 1.00 e. The third-order valence-electron chi connectivity index (χ3n) is 5.14. The van der Waals surface area contributed by atoms with Crippen LogP contribution >= 0.6 is 0 Å². The number of fused-ring (bicyclic) bond motifs is 1. The molecule has 1 aliphatic rings. The van der Waals surface area contributed by atoms with E-state index in [0.717, 1.165) is 43.4 Å². The molecule has 1 aromatic heterocycles. The minimum Gasteiger partial charge on any atom is -0.382 e. The van der Waals surface area contributed by atoms with Crippen LogP contribution in [0.4, 0.5) is 24.7 Å². The number of nitrogens with zero attached hydrogens (tertiary/aromatic N) is 2. The van der Waals surface area contributed by atoms with Crippen molar-refractivity contribution >= 4 is 27.9 Å². The first-order chi connectivity index (χ1) is 13.3. The van der Waals surface area contributed by atoms with E-state index in [0.29, 0.717) is 23.8 Å². The number of pyridine rings is 1. The van der Waals surface area contributed by atoms with Crippen LogP contribution in [-0.2, 0) is 0 Å². The normalized spacial score (nSPS) is 15.2. The van der Waals surface area contributed by atoms with Crippen LogP contribution in [0.25, 0.3) is 16.3 Å². The summed E-state index contributed by atoms with van der Waals surface area (Å²) in [6.45, 7) is 7.92. The predicted octanol–water partition coefficient (Wildman–Crippen LogP) is 2.59. The number of hydrogen-bond donors (Lipinski definition) is 2. The van der Waals surface area contributed by atoms with Gasteiger partial charge in [0.1, 0.15) is 5.82 Å². The first kappa shape index (κ1) is 27.8. The van der Waals surface area contributed by atoms with Crippen molar-refractivity contribution in [1.82, 2.24) is 9.88 Å². The summed E-state index contributed by atoms with van der Waals surface area (Å²) in [7, 11) is 2.10. The zero-order valence-corrected chi connectivity index (χ0v) is 24.6. The van der Waals surface area contributed by atoms with Crippen molar-refractivity contribution in [3.63, 3.8) is 0 Å². The van der Waals surface area contributed by atoms with E-state index in [-0.39, 0.29) is 82.0 Å². The minimum atomic E-state index is -4.53. The number of likely N-dealkylation sites (tertiary alicyclic amines) is 1. The van der Waals surface area contributed by atoms with Crippen LogP contribution in [0.3, 0.4) is 0 Å². The fourth-order valence-corrected chi connectivity index (χ4v) is 3.48. The van der Waals surface area contributed by atoms with Gasteiger partial charge in [0.25, 0.3) is 0 Å². The number of nitrogens with one attached hydrogen (secondary N) is 2. The molecule has 30 heavy (non-hydrogen) atoms. The van der Waals surface area contributed by atoms with Crippen molar-refractivity contribution < 1.29 is 82.1 Å². The molecular weight excluding hydrogens is 510 g/mol. The molecule has 2 heterocycles. The third kappa shape index (κ3) is 6.88. The van der Waals surface area contributed by atoms with Gasteiger partial charge in [-0.2, -0.15) is 13.2 Å². The van der Waals surface area contributed by atoms with Gasteiger partial charge in [-0.05, 0) is 51.5 Å². The van der Waals surface area contributed by atoms with Gasteiger partial charge in [-0.25, -0.2) is 4.98 Å². The fourth-order valence-electron chi connectivity index (χ4n) is 3.48. The molecule has 0 unspecified atom stereocenters. The van der Waals surface area contributed by atoms with Gasteiger partial charge in [-0.15, -0.1) is 0 Å². The second kappa shape index (κ2) is 12.1. The average Bonchev–Trinajstić information content (AvgIpc) is 2.66. The molecule has 4 nitrogen and oxygen atoms in total. The van der Waals surface area contributed by atoms with E-state index >= 15 is 0 Å². The van der Waals surface area contributed by atoms with Crippen LogP contribution in [0.2, 0.25) is 0 Å². The summed E-state index contributed by atoms with van der Waals surface area (Å²) in [4.78, 5) is 6.52. The van der Waals surface area contributed by atoms with Gasteiger partial charge in [-0.3, -0.25) is 0 Å². The summed E-state index contributed by atoms with van der Waals surface area (Å²) in [6.07, 6.45) is -1.67. The number of benzene rings is 1. The number of aromatic nitrogens is 1. The van der Waals surface area contributed by atoms with E-state index in [1.54, 1.807) is 12.1 Å². The van der Waals surface area contributed by atoms with Crippen molar-refractivity contribution in [1.29, 1.82) is 0 Å². The Morgan fingerprint density at radius 3 is 2.50 bits per heavy atom. The van der Waals surface area contributed by atoms with Crippen molar-refractivity contribution in [3.8, 4) is 0 Å². The van der Waals surface area contributed by atoms with Gasteiger partial charge in [-0.1, -0.05) is 25.6 Å². The summed E-state index contributed by atoms with van der Waals surface area (Å²) in [5.41, 5.74) is -0.199. The van der Waals surface area contributed by atoms with Crippen molar-refractivity contribution in [2.75, 3.05) is 37.3 Å². The van der Waals surface area contributed by atoms with Gasteiger partial charge < -0.3 is 23.0 Å². The molecule has 0 bridgehead atoms. The molecular formula is C22H30CsF3N4. The summed E-state index contributed by atoms with van der Waals surface area (Å²) >= 11 is 0. The van der Waals surface area contributed by atoms with E-state index in [9.17, 15) is 13.2 Å². The molecule has 0 radical (unpaired) electrons. The zero-order chi connectivity index (χ0) is 20.3. The largest absolute Gasteiger partial charge is 1.00 e. The van der Waals surface area contributed by atoms with Gasteiger partial charge in [0.15, 0.2) is 0 Å². The van der Waals surface area contributed by atoms with E-state index in [2.05, 4.69) is 34.1 Å². The van der Waals surface area contributed by atoms with Gasteiger partial charge in [0.2, 0.25) is 0 Å². The Hall–Kier alpha value is -0.228. The monoisotopic (exact) mass is 540 g/mol. The van der Waals surface area contributed by atoms with Crippen LogP contribution in [0.5, 0.6) is 0 Å². The van der Waals surface area contributed by atoms with Crippen LogP contribution in [0.15, 0.2) is 30.8 Å². The molecule has 2 aromatic rings. The molecule has 1 saturated heterocycles. The Morgan fingerprint density at radius 1 is 1.23 bits per heavy atom. The molecule has 0 spiro atoms. The topological polar surface area (TPSA) is 40.2 Å². The zero-order valence-electron chi connectivity index (χ0n) is 18.4. The molecule has 160 valence electrons. The Balaban J connectivity index is 0.00000225. The number of alkyl halides is 3. The van der Waals surface area contributed by atoms with Gasteiger partial charge in [0.05, 0.1) is 11.3 Å². The molecule has 0 atom stereocenters. The SMILES string of the molecule is C=C(c1nc(NCCC)cc2c(NC3CCN(C)CC3)cccc12)C(F)(F)F.[CH3-].[Cs+]. The number of anilines is 2. The smallest absolute Gasteiger partial charge is 0.382 e. The summed E-state index contributed by atoms with van der Waals surface area (Å²) < 4.78 is 40.1. The second-order valence-corrected chi connectivity index (χ2v) is 7.38. The minimum absolute atomic E-state index is 0. The van der Waals surface area contributed by atoms with E-state index in [1.165, 1.54) is 0 Å². The molecule has 0 saturated carbocycles. The molecule has 2 N–H and O–H groups in total. The van der Waals surface area contributed by atoms with Gasteiger partial charge >= 0.3 is 75.1 Å². The fraction of sp³-hybridized carbons (Fsp3) is 0.455. The molecule has 8 heteroatoms. The summed E-state index contributed by atoms with van der Waals surface area (Å²) in [6, 6.07) is 7.50. The number of piperidine rings is 1. The number of rotatable bonds is 6. The maximum absolute atomic E-state index is 13.4. The molecule has 1 aliphatic heterocycles. The summed E-state index contributed by atoms with van der Waals surface area (Å²) in [5, 5.41) is 7.85. The van der Waals surface area contributed by atoms with Crippen LogP contribution in [-0.4, -0.2) is 48.8 Å². The second-order valence-electron chi connectivity index (χ2n) is 7.38. The summed E-state index contributed by atoms with van der Waals surface area (Å²) in [5.74, 6) is 0.437. The van der Waals surface area contributed by atoms with Gasteiger partial charge in [0, 0.05) is 29.0 Å². The molecule has 3 rings (SSSR count). The standard InChI is InChI=1S/C21H27F3N4.CH3.Cs/c1-4-10-25-19-13-17-16(20(27-19)14(2)21(22,23)24)6-5-7-18(17)26-15-8-11-28(3)12-9-15;;/h5-7,13,15,26H,2,4,8-12H2,1,3H3,(H,25,27);1H3;/q;-1;+1. The first-order valence-electron chi connectivity index (χ1n) is 9.68. The predicted molar refractivity (Wildman–Crippen MR) is 116 cm³/mol. The molecule has 1 aromatic carbocycles. The van der Waals surface area contributed by atoms with Crippen LogP contribution < -0.4 is 79.5 Å².